The summed E-state index contributed by atoms with van der Waals surface area (Å²) >= 11 is 0. The van der Waals surface area contributed by atoms with E-state index in [-0.39, 0.29) is 6.04 Å². The molecule has 6 rings (SSSR count). The van der Waals surface area contributed by atoms with Crippen LogP contribution in [0.5, 0.6) is 5.75 Å². The molecule has 4 aromatic rings. The van der Waals surface area contributed by atoms with Crippen molar-refractivity contribution in [2.45, 2.75) is 37.8 Å². The van der Waals surface area contributed by atoms with Gasteiger partial charge in [0.2, 0.25) is 0 Å². The Labute approximate surface area is 212 Å². The van der Waals surface area contributed by atoms with Gasteiger partial charge in [-0.1, -0.05) is 49.2 Å². The summed E-state index contributed by atoms with van der Waals surface area (Å²) in [4.78, 5) is 5.33. The van der Waals surface area contributed by atoms with Crippen LogP contribution >= 0.6 is 0 Å². The van der Waals surface area contributed by atoms with Gasteiger partial charge in [-0.25, -0.2) is 0 Å². The fourth-order valence-corrected chi connectivity index (χ4v) is 5.98. The van der Waals surface area contributed by atoms with Gasteiger partial charge in [-0.05, 0) is 53.8 Å². The zero-order valence-electron chi connectivity index (χ0n) is 20.9. The molecule has 2 aromatic carbocycles. The first kappa shape index (κ1) is 23.1. The third-order valence-corrected chi connectivity index (χ3v) is 7.94. The minimum absolute atomic E-state index is 0.111. The summed E-state index contributed by atoms with van der Waals surface area (Å²) in [5.41, 5.74) is 5.78. The molecule has 1 saturated heterocycles. The van der Waals surface area contributed by atoms with Gasteiger partial charge in [0, 0.05) is 37.8 Å². The van der Waals surface area contributed by atoms with E-state index < -0.39 is 0 Å². The third kappa shape index (κ3) is 4.59. The van der Waals surface area contributed by atoms with Crippen LogP contribution in [0.2, 0.25) is 0 Å². The van der Waals surface area contributed by atoms with Crippen molar-refractivity contribution in [1.82, 2.24) is 20.0 Å². The van der Waals surface area contributed by atoms with E-state index in [2.05, 4.69) is 56.4 Å². The Morgan fingerprint density at radius 2 is 1.61 bits per heavy atom. The molecular weight excluding hydrogens is 448 g/mol. The lowest BCUT2D eigenvalue weighted by Gasteiger charge is -2.41. The molecule has 6 heteroatoms. The van der Waals surface area contributed by atoms with Crippen molar-refractivity contribution >= 4 is 0 Å². The predicted molar refractivity (Wildman–Crippen MR) is 142 cm³/mol. The van der Waals surface area contributed by atoms with Crippen LogP contribution in [0.3, 0.4) is 0 Å². The smallest absolute Gasteiger partial charge is 0.151 e. The van der Waals surface area contributed by atoms with Gasteiger partial charge >= 0.3 is 0 Å². The van der Waals surface area contributed by atoms with Crippen molar-refractivity contribution in [2.75, 3.05) is 33.3 Å². The van der Waals surface area contributed by atoms with E-state index in [0.29, 0.717) is 0 Å². The molecule has 0 spiro atoms. The summed E-state index contributed by atoms with van der Waals surface area (Å²) < 4.78 is 11.1. The standard InChI is InChI=1S/C30H34N4O2/c1-35-26-14-12-23(13-15-26)22-8-10-24(11-9-22)30(27-21-31-32-29(27)28-7-4-20-36-28)34-18-16-33(17-19-34)25-5-2-3-6-25/h4,7-15,20-21,25,30H,2-3,5-6,16-19H2,1H3,(H,31,32). The summed E-state index contributed by atoms with van der Waals surface area (Å²) in [7, 11) is 1.70. The molecule has 36 heavy (non-hydrogen) atoms. The topological polar surface area (TPSA) is 57.5 Å². The maximum Gasteiger partial charge on any atom is 0.151 e. The summed E-state index contributed by atoms with van der Waals surface area (Å²) in [5, 5.41) is 7.65. The fraction of sp³-hybridized carbons (Fsp3) is 0.367. The van der Waals surface area contributed by atoms with Crippen LogP contribution in [-0.4, -0.2) is 59.3 Å². The second-order valence-electron chi connectivity index (χ2n) is 9.94. The number of nitrogens with zero attached hydrogens (tertiary/aromatic N) is 3. The van der Waals surface area contributed by atoms with Crippen LogP contribution < -0.4 is 4.74 Å². The number of aromatic amines is 1. The highest BCUT2D eigenvalue weighted by Gasteiger charge is 2.32. The Morgan fingerprint density at radius 1 is 0.917 bits per heavy atom. The molecule has 2 fully saturated rings. The molecule has 186 valence electrons. The first-order valence-corrected chi connectivity index (χ1v) is 13.1. The lowest BCUT2D eigenvalue weighted by molar-refractivity contribution is 0.0805. The van der Waals surface area contributed by atoms with E-state index in [0.717, 1.165) is 55.0 Å². The first-order valence-electron chi connectivity index (χ1n) is 13.1. The van der Waals surface area contributed by atoms with Crippen molar-refractivity contribution in [2.24, 2.45) is 0 Å². The molecule has 3 heterocycles. The van der Waals surface area contributed by atoms with Crippen LogP contribution in [0.25, 0.3) is 22.6 Å². The van der Waals surface area contributed by atoms with E-state index in [1.807, 2.05) is 30.5 Å². The number of methoxy groups -OCH3 is 1. The van der Waals surface area contributed by atoms with Gasteiger partial charge in [0.15, 0.2) is 5.76 Å². The minimum atomic E-state index is 0.111. The van der Waals surface area contributed by atoms with Crippen molar-refractivity contribution < 1.29 is 9.15 Å². The molecule has 1 unspecified atom stereocenters. The summed E-state index contributed by atoms with van der Waals surface area (Å²) in [6.45, 7) is 4.34. The van der Waals surface area contributed by atoms with Crippen molar-refractivity contribution in [3.05, 3.63) is 84.3 Å². The number of piperazine rings is 1. The second kappa shape index (κ2) is 10.3. The first-order chi connectivity index (χ1) is 17.8. The predicted octanol–water partition coefficient (Wildman–Crippen LogP) is 5.99. The van der Waals surface area contributed by atoms with Crippen LogP contribution in [0.4, 0.5) is 0 Å². The second-order valence-corrected chi connectivity index (χ2v) is 9.94. The number of hydrogen-bond donors (Lipinski definition) is 1. The molecule has 1 atom stereocenters. The normalized spacial score (nSPS) is 18.5. The molecule has 2 aromatic heterocycles. The van der Waals surface area contributed by atoms with Gasteiger partial charge in [-0.2, -0.15) is 5.10 Å². The largest absolute Gasteiger partial charge is 0.497 e. The number of furan rings is 1. The van der Waals surface area contributed by atoms with E-state index in [4.69, 9.17) is 9.15 Å². The van der Waals surface area contributed by atoms with E-state index in [9.17, 15) is 0 Å². The van der Waals surface area contributed by atoms with Crippen LogP contribution in [0, 0.1) is 0 Å². The SMILES string of the molecule is COc1ccc(-c2ccc(C(c3cn[nH]c3-c3ccco3)N3CCN(C4CCCC4)CC3)cc2)cc1. The van der Waals surface area contributed by atoms with Gasteiger partial charge in [0.05, 0.1) is 25.6 Å². The minimum Gasteiger partial charge on any atom is -0.497 e. The maximum atomic E-state index is 5.76. The highest BCUT2D eigenvalue weighted by Crippen LogP contribution is 2.37. The quantitative estimate of drug-likeness (QED) is 0.350. The van der Waals surface area contributed by atoms with Gasteiger partial charge in [-0.3, -0.25) is 14.9 Å². The van der Waals surface area contributed by atoms with E-state index in [1.165, 1.54) is 42.4 Å². The maximum absolute atomic E-state index is 5.76. The van der Waals surface area contributed by atoms with Crippen molar-refractivity contribution in [3.63, 3.8) is 0 Å². The number of rotatable bonds is 7. The molecule has 1 saturated carbocycles. The van der Waals surface area contributed by atoms with Crippen molar-refractivity contribution in [3.8, 4) is 28.3 Å². The molecule has 6 nitrogen and oxygen atoms in total. The van der Waals surface area contributed by atoms with Crippen LogP contribution in [-0.2, 0) is 0 Å². The lowest BCUT2D eigenvalue weighted by Crippen LogP contribution is -2.50. The Balaban J connectivity index is 1.30. The Kier molecular flexibility index (Phi) is 6.62. The molecular formula is C30H34N4O2. The average Bonchev–Trinajstić information content (AvgIpc) is 3.73. The number of ether oxygens (including phenoxy) is 1. The zero-order chi connectivity index (χ0) is 24.3. The Hall–Kier alpha value is -3.35. The van der Waals surface area contributed by atoms with Crippen LogP contribution in [0.15, 0.2) is 77.5 Å². The molecule has 0 radical (unpaired) electrons. The molecule has 1 N–H and O–H groups in total. The van der Waals surface area contributed by atoms with Gasteiger partial charge in [0.1, 0.15) is 11.4 Å². The summed E-state index contributed by atoms with van der Waals surface area (Å²) in [5.74, 6) is 1.70. The molecule has 0 amide bonds. The highest BCUT2D eigenvalue weighted by molar-refractivity contribution is 5.65. The van der Waals surface area contributed by atoms with Crippen LogP contribution in [0.1, 0.15) is 42.9 Å². The lowest BCUT2D eigenvalue weighted by atomic mass is 9.94. The number of nitrogens with one attached hydrogen (secondary N) is 1. The Bertz CT molecular complexity index is 1230. The fourth-order valence-electron chi connectivity index (χ4n) is 5.98. The number of benzene rings is 2. The number of aromatic nitrogens is 2. The molecule has 0 bridgehead atoms. The molecule has 1 aliphatic heterocycles. The number of hydrogen-bond acceptors (Lipinski definition) is 5. The third-order valence-electron chi connectivity index (χ3n) is 7.94. The van der Waals surface area contributed by atoms with Crippen molar-refractivity contribution in [1.29, 1.82) is 0 Å². The summed E-state index contributed by atoms with van der Waals surface area (Å²) in [6, 6.07) is 22.1. The number of H-pyrrole nitrogens is 1. The zero-order valence-corrected chi connectivity index (χ0v) is 20.9. The van der Waals surface area contributed by atoms with Gasteiger partial charge < -0.3 is 9.15 Å². The molecule has 2 aliphatic rings. The van der Waals surface area contributed by atoms with E-state index >= 15 is 0 Å². The Morgan fingerprint density at radius 3 is 2.25 bits per heavy atom. The monoisotopic (exact) mass is 482 g/mol. The van der Waals surface area contributed by atoms with Gasteiger partial charge in [0.25, 0.3) is 0 Å². The highest BCUT2D eigenvalue weighted by atomic mass is 16.5. The van der Waals surface area contributed by atoms with Gasteiger partial charge in [-0.15, -0.1) is 0 Å². The average molecular weight is 483 g/mol. The molecule has 1 aliphatic carbocycles. The van der Waals surface area contributed by atoms with E-state index in [1.54, 1.807) is 13.4 Å². The summed E-state index contributed by atoms with van der Waals surface area (Å²) in [6.07, 6.45) is 9.19.